The highest BCUT2D eigenvalue weighted by molar-refractivity contribution is 8.03. The predicted octanol–water partition coefficient (Wildman–Crippen LogP) is 3.88. The molecule has 4 rings (SSSR count). The molecule has 3 heterocycles. The van der Waals surface area contributed by atoms with E-state index in [-0.39, 0.29) is 23.6 Å². The molecule has 1 aromatic carbocycles. The second kappa shape index (κ2) is 8.60. The first-order valence-electron chi connectivity index (χ1n) is 9.84. The lowest BCUT2D eigenvalue weighted by Gasteiger charge is -2.31. The van der Waals surface area contributed by atoms with Gasteiger partial charge in [0.15, 0.2) is 11.7 Å². The maximum absolute atomic E-state index is 15.0. The van der Waals surface area contributed by atoms with Crippen molar-refractivity contribution in [2.24, 2.45) is 0 Å². The molecule has 0 atom stereocenters. The molecule has 0 amide bonds. The first-order chi connectivity index (χ1) is 14.9. The molecule has 31 heavy (non-hydrogen) atoms. The number of anilines is 1. The van der Waals surface area contributed by atoms with Gasteiger partial charge >= 0.3 is 5.97 Å². The van der Waals surface area contributed by atoms with Crippen LogP contribution in [0.4, 0.5) is 10.1 Å². The summed E-state index contributed by atoms with van der Waals surface area (Å²) in [5, 5.41) is 19.6. The number of allylic oxidation sites excluding steroid dienone is 1. The number of thioether (sulfide) groups is 1. The molecule has 1 aromatic rings. The monoisotopic (exact) mass is 443 g/mol. The van der Waals surface area contributed by atoms with Crippen molar-refractivity contribution >= 4 is 29.3 Å². The Morgan fingerprint density at radius 2 is 2.10 bits per heavy atom. The van der Waals surface area contributed by atoms with E-state index in [2.05, 4.69) is 6.58 Å². The van der Waals surface area contributed by atoms with Gasteiger partial charge in [0.2, 0.25) is 0 Å². The molecular formula is C22H22FN3O4S. The first-order valence-corrected chi connectivity index (χ1v) is 10.7. The minimum Gasteiger partial charge on any atom is -0.506 e. The van der Waals surface area contributed by atoms with E-state index in [9.17, 15) is 9.90 Å². The van der Waals surface area contributed by atoms with Gasteiger partial charge in [0, 0.05) is 23.6 Å². The second-order valence-electron chi connectivity index (χ2n) is 6.96. The van der Waals surface area contributed by atoms with Crippen molar-refractivity contribution in [3.63, 3.8) is 0 Å². The average molecular weight is 444 g/mol. The summed E-state index contributed by atoms with van der Waals surface area (Å²) in [4.78, 5) is 16.8. The average Bonchev–Trinajstić information content (AvgIpc) is 3.16. The van der Waals surface area contributed by atoms with E-state index in [1.807, 2.05) is 24.3 Å². The minimum absolute atomic E-state index is 0.0274. The SMILES string of the molecule is C=C1C(C=C(F)C(=N)N2CCOCC2)=C(O)C(C(=O)OCC)=C2Sc3ccccc3N12. The Morgan fingerprint density at radius 3 is 2.81 bits per heavy atom. The number of ether oxygens (including phenoxy) is 2. The van der Waals surface area contributed by atoms with Crippen molar-refractivity contribution in [2.75, 3.05) is 37.8 Å². The third-order valence-electron chi connectivity index (χ3n) is 5.11. The Hall–Kier alpha value is -3.04. The van der Waals surface area contributed by atoms with Crippen LogP contribution >= 0.6 is 11.8 Å². The van der Waals surface area contributed by atoms with E-state index < -0.39 is 17.6 Å². The van der Waals surface area contributed by atoms with Gasteiger partial charge in [-0.25, -0.2) is 9.18 Å². The van der Waals surface area contributed by atoms with Crippen LogP contribution in [0, 0.1) is 5.41 Å². The van der Waals surface area contributed by atoms with Crippen LogP contribution in [0.25, 0.3) is 0 Å². The Balaban J connectivity index is 1.78. The quantitative estimate of drug-likeness (QED) is 0.415. The number of benzene rings is 1. The minimum atomic E-state index is -0.837. The number of amidine groups is 1. The van der Waals surface area contributed by atoms with Gasteiger partial charge in [-0.2, -0.15) is 0 Å². The number of carbonyl (C=O) groups is 1. The number of nitrogens with one attached hydrogen (secondary N) is 1. The standard InChI is InChI=1S/C22H22FN3O4S/c1-3-30-22(28)18-19(27)14(12-15(23)20(24)25-8-10-29-11-9-25)13(2)26-16-6-4-5-7-17(16)31-21(18)26/h4-7,12,24,27H,2-3,8-11H2,1H3. The van der Waals surface area contributed by atoms with Gasteiger partial charge in [-0.3, -0.25) is 5.41 Å². The fraction of sp³-hybridized carbons (Fsp3) is 0.273. The lowest BCUT2D eigenvalue weighted by atomic mass is 10.0. The van der Waals surface area contributed by atoms with Gasteiger partial charge in [0.05, 0.1) is 31.2 Å². The number of aliphatic hydroxyl groups excluding tert-OH is 1. The topological polar surface area (TPSA) is 86.1 Å². The molecule has 0 aromatic heterocycles. The Bertz CT molecular complexity index is 1060. The number of para-hydroxylation sites is 1. The van der Waals surface area contributed by atoms with E-state index in [4.69, 9.17) is 14.9 Å². The maximum Gasteiger partial charge on any atom is 0.344 e. The predicted molar refractivity (Wildman–Crippen MR) is 117 cm³/mol. The molecule has 1 fully saturated rings. The van der Waals surface area contributed by atoms with Crippen LogP contribution in [-0.2, 0) is 14.3 Å². The summed E-state index contributed by atoms with van der Waals surface area (Å²) in [6, 6.07) is 7.47. The highest BCUT2D eigenvalue weighted by atomic mass is 32.2. The summed E-state index contributed by atoms with van der Waals surface area (Å²) in [6.45, 7) is 7.48. The van der Waals surface area contributed by atoms with Crippen molar-refractivity contribution in [2.45, 2.75) is 11.8 Å². The third kappa shape index (κ3) is 3.75. The number of rotatable bonds is 4. The number of esters is 1. The van der Waals surface area contributed by atoms with E-state index in [1.54, 1.807) is 16.7 Å². The van der Waals surface area contributed by atoms with Gasteiger partial charge in [0.1, 0.15) is 16.4 Å². The highest BCUT2D eigenvalue weighted by Crippen LogP contribution is 2.53. The lowest BCUT2D eigenvalue weighted by molar-refractivity contribution is -0.138. The number of hydrogen-bond acceptors (Lipinski definition) is 7. The molecule has 1 saturated heterocycles. The molecule has 0 spiro atoms. The summed E-state index contributed by atoms with van der Waals surface area (Å²) in [5.41, 5.74) is 1.06. The van der Waals surface area contributed by atoms with E-state index in [0.29, 0.717) is 37.0 Å². The van der Waals surface area contributed by atoms with E-state index in [0.717, 1.165) is 16.7 Å². The molecule has 0 unspecified atom stereocenters. The van der Waals surface area contributed by atoms with Crippen LogP contribution in [0.5, 0.6) is 0 Å². The molecule has 3 aliphatic heterocycles. The van der Waals surface area contributed by atoms with E-state index >= 15 is 4.39 Å². The normalized spacial score (nSPS) is 18.9. The van der Waals surface area contributed by atoms with Crippen LogP contribution < -0.4 is 4.90 Å². The fourth-order valence-electron chi connectivity index (χ4n) is 3.58. The van der Waals surface area contributed by atoms with Gasteiger partial charge < -0.3 is 24.4 Å². The summed E-state index contributed by atoms with van der Waals surface area (Å²) >= 11 is 1.31. The van der Waals surface area contributed by atoms with Crippen LogP contribution in [-0.4, -0.2) is 54.7 Å². The zero-order valence-corrected chi connectivity index (χ0v) is 17.8. The molecule has 2 N–H and O–H groups in total. The number of aliphatic hydroxyl groups is 1. The Labute approximate surface area is 183 Å². The van der Waals surface area contributed by atoms with Crippen LogP contribution in [0.2, 0.25) is 0 Å². The number of hydrogen-bond donors (Lipinski definition) is 2. The molecule has 0 saturated carbocycles. The number of fused-ring (bicyclic) bond motifs is 3. The number of carbonyl (C=O) groups excluding carboxylic acids is 1. The summed E-state index contributed by atoms with van der Waals surface area (Å²) in [7, 11) is 0. The van der Waals surface area contributed by atoms with Crippen molar-refractivity contribution in [3.05, 3.63) is 70.4 Å². The van der Waals surface area contributed by atoms with Crippen LogP contribution in [0.3, 0.4) is 0 Å². The number of nitrogens with zero attached hydrogens (tertiary/aromatic N) is 2. The Morgan fingerprint density at radius 1 is 1.39 bits per heavy atom. The van der Waals surface area contributed by atoms with Gasteiger partial charge in [-0.1, -0.05) is 30.5 Å². The van der Waals surface area contributed by atoms with Gasteiger partial charge in [-0.15, -0.1) is 0 Å². The van der Waals surface area contributed by atoms with Crippen molar-refractivity contribution < 1.29 is 23.8 Å². The number of halogens is 1. The van der Waals surface area contributed by atoms with Crippen LogP contribution in [0.1, 0.15) is 6.92 Å². The lowest BCUT2D eigenvalue weighted by Crippen LogP contribution is -2.40. The zero-order chi connectivity index (χ0) is 22.1. The van der Waals surface area contributed by atoms with Gasteiger partial charge in [-0.05, 0) is 25.1 Å². The maximum atomic E-state index is 15.0. The molecule has 0 radical (unpaired) electrons. The molecule has 0 bridgehead atoms. The number of morpholine rings is 1. The summed E-state index contributed by atoms with van der Waals surface area (Å²) < 4.78 is 25.4. The van der Waals surface area contributed by atoms with Crippen LogP contribution in [0.15, 0.2) is 75.3 Å². The smallest absolute Gasteiger partial charge is 0.344 e. The fourth-order valence-corrected chi connectivity index (χ4v) is 4.78. The second-order valence-corrected chi connectivity index (χ2v) is 7.99. The molecule has 9 heteroatoms. The van der Waals surface area contributed by atoms with Crippen molar-refractivity contribution in [3.8, 4) is 0 Å². The largest absolute Gasteiger partial charge is 0.506 e. The summed E-state index contributed by atoms with van der Waals surface area (Å²) in [6.07, 6.45) is 1.05. The molecule has 162 valence electrons. The summed E-state index contributed by atoms with van der Waals surface area (Å²) in [5.74, 6) is -2.27. The van der Waals surface area contributed by atoms with Gasteiger partial charge in [0.25, 0.3) is 0 Å². The molecule has 7 nitrogen and oxygen atoms in total. The van der Waals surface area contributed by atoms with E-state index in [1.165, 1.54) is 11.8 Å². The first kappa shape index (κ1) is 21.2. The third-order valence-corrected chi connectivity index (χ3v) is 6.25. The molecular weight excluding hydrogens is 421 g/mol. The Kier molecular flexibility index (Phi) is 5.88. The molecule has 0 aliphatic carbocycles. The molecule has 3 aliphatic rings. The van der Waals surface area contributed by atoms with Crippen molar-refractivity contribution in [1.82, 2.24) is 4.90 Å². The highest BCUT2D eigenvalue weighted by Gasteiger charge is 2.40. The van der Waals surface area contributed by atoms with Crippen molar-refractivity contribution in [1.29, 1.82) is 5.41 Å². The zero-order valence-electron chi connectivity index (χ0n) is 17.0.